The van der Waals surface area contributed by atoms with Crippen LogP contribution in [0.25, 0.3) is 0 Å². The van der Waals surface area contributed by atoms with E-state index in [9.17, 15) is 0 Å². The minimum absolute atomic E-state index is 0.105. The number of hydrogen-bond acceptors (Lipinski definition) is 3. The predicted octanol–water partition coefficient (Wildman–Crippen LogP) is 3.68. The van der Waals surface area contributed by atoms with Gasteiger partial charge in [-0.25, -0.2) is 0 Å². The summed E-state index contributed by atoms with van der Waals surface area (Å²) in [4.78, 5) is 0. The van der Waals surface area contributed by atoms with Gasteiger partial charge in [-0.15, -0.1) is 0 Å². The third-order valence-corrected chi connectivity index (χ3v) is 4.01. The molecule has 1 aliphatic heterocycles. The van der Waals surface area contributed by atoms with Crippen molar-refractivity contribution in [3.63, 3.8) is 0 Å². The van der Waals surface area contributed by atoms with Crippen molar-refractivity contribution in [2.45, 2.75) is 44.9 Å². The maximum atomic E-state index is 6.31. The van der Waals surface area contributed by atoms with E-state index in [1.54, 1.807) is 0 Å². The summed E-state index contributed by atoms with van der Waals surface area (Å²) >= 11 is 3.48. The molecule has 3 nitrogen and oxygen atoms in total. The monoisotopic (exact) mass is 341 g/mol. The van der Waals surface area contributed by atoms with Crippen molar-refractivity contribution >= 4 is 15.9 Å². The molecule has 1 N–H and O–H groups in total. The average molecular weight is 342 g/mol. The minimum Gasteiger partial charge on any atom is -0.381 e. The first-order valence-electron chi connectivity index (χ1n) is 7.37. The van der Waals surface area contributed by atoms with Gasteiger partial charge in [-0.1, -0.05) is 41.9 Å². The molecule has 1 unspecified atom stereocenters. The molecule has 1 aromatic rings. The highest BCUT2D eigenvalue weighted by molar-refractivity contribution is 9.10. The Balaban J connectivity index is 2.00. The Labute approximate surface area is 130 Å². The van der Waals surface area contributed by atoms with Crippen molar-refractivity contribution in [2.75, 3.05) is 19.8 Å². The van der Waals surface area contributed by atoms with Gasteiger partial charge in [0.1, 0.15) is 0 Å². The van der Waals surface area contributed by atoms with Gasteiger partial charge in [0.05, 0.1) is 12.2 Å². The van der Waals surface area contributed by atoms with E-state index >= 15 is 0 Å². The van der Waals surface area contributed by atoms with Crippen LogP contribution in [0.3, 0.4) is 0 Å². The summed E-state index contributed by atoms with van der Waals surface area (Å²) in [6, 6.07) is 8.88. The molecule has 0 saturated carbocycles. The fourth-order valence-electron chi connectivity index (χ4n) is 2.31. The quantitative estimate of drug-likeness (QED) is 0.855. The second-order valence-electron chi connectivity index (χ2n) is 5.55. The molecule has 1 heterocycles. The van der Waals surface area contributed by atoms with E-state index in [-0.39, 0.29) is 6.10 Å². The lowest BCUT2D eigenvalue weighted by Crippen LogP contribution is -2.33. The SMILES string of the molecule is CC(C)NCC(OC1CCOCC1)c1ccc(Br)cc1. The minimum atomic E-state index is 0.105. The molecule has 0 aliphatic carbocycles. The molecule has 0 radical (unpaired) electrons. The van der Waals surface area contributed by atoms with E-state index in [4.69, 9.17) is 9.47 Å². The van der Waals surface area contributed by atoms with E-state index in [1.165, 1.54) is 5.56 Å². The number of benzene rings is 1. The molecule has 4 heteroatoms. The van der Waals surface area contributed by atoms with Crippen LogP contribution in [0.2, 0.25) is 0 Å². The van der Waals surface area contributed by atoms with Crippen molar-refractivity contribution in [1.29, 1.82) is 0 Å². The molecule has 0 bridgehead atoms. The number of rotatable bonds is 6. The highest BCUT2D eigenvalue weighted by Crippen LogP contribution is 2.24. The average Bonchev–Trinajstić information content (AvgIpc) is 2.45. The van der Waals surface area contributed by atoms with Gasteiger partial charge in [-0.2, -0.15) is 0 Å². The number of nitrogens with one attached hydrogen (secondary N) is 1. The molecule has 1 fully saturated rings. The zero-order chi connectivity index (χ0) is 14.4. The lowest BCUT2D eigenvalue weighted by molar-refractivity contribution is -0.0693. The first-order valence-corrected chi connectivity index (χ1v) is 8.16. The molecule has 20 heavy (non-hydrogen) atoms. The van der Waals surface area contributed by atoms with E-state index in [0.29, 0.717) is 12.1 Å². The standard InChI is InChI=1S/C16H24BrNO2/c1-12(2)18-11-16(13-3-5-14(17)6-4-13)20-15-7-9-19-10-8-15/h3-6,12,15-16,18H,7-11H2,1-2H3. The first kappa shape index (κ1) is 16.0. The molecule has 2 rings (SSSR count). The van der Waals surface area contributed by atoms with Crippen molar-refractivity contribution in [3.8, 4) is 0 Å². The highest BCUT2D eigenvalue weighted by atomic mass is 79.9. The molecular weight excluding hydrogens is 318 g/mol. The van der Waals surface area contributed by atoms with E-state index < -0.39 is 0 Å². The van der Waals surface area contributed by atoms with Crippen LogP contribution >= 0.6 is 15.9 Å². The summed E-state index contributed by atoms with van der Waals surface area (Å²) in [5.74, 6) is 0. The topological polar surface area (TPSA) is 30.5 Å². The maximum Gasteiger partial charge on any atom is 0.0953 e. The number of hydrogen-bond donors (Lipinski definition) is 1. The van der Waals surface area contributed by atoms with E-state index in [2.05, 4.69) is 59.4 Å². The van der Waals surface area contributed by atoms with Crippen LogP contribution < -0.4 is 5.32 Å². The molecule has 1 aromatic carbocycles. The van der Waals surface area contributed by atoms with Gasteiger partial charge in [0.25, 0.3) is 0 Å². The Hall–Kier alpha value is -0.420. The van der Waals surface area contributed by atoms with Gasteiger partial charge in [0.15, 0.2) is 0 Å². The van der Waals surface area contributed by atoms with Gasteiger partial charge in [0.2, 0.25) is 0 Å². The molecule has 0 amide bonds. The third kappa shape index (κ3) is 5.17. The molecule has 0 aromatic heterocycles. The van der Waals surface area contributed by atoms with Gasteiger partial charge in [0, 0.05) is 30.3 Å². The fourth-order valence-corrected chi connectivity index (χ4v) is 2.57. The van der Waals surface area contributed by atoms with Crippen LogP contribution in [0.5, 0.6) is 0 Å². The molecule has 0 spiro atoms. The number of ether oxygens (including phenoxy) is 2. The molecule has 112 valence electrons. The molecule has 1 aliphatic rings. The Bertz CT molecular complexity index is 388. The fraction of sp³-hybridized carbons (Fsp3) is 0.625. The van der Waals surface area contributed by atoms with Crippen molar-refractivity contribution in [1.82, 2.24) is 5.32 Å². The number of halogens is 1. The second kappa shape index (κ2) is 8.13. The smallest absolute Gasteiger partial charge is 0.0953 e. The van der Waals surface area contributed by atoms with Gasteiger partial charge < -0.3 is 14.8 Å². The van der Waals surface area contributed by atoms with Crippen molar-refractivity contribution in [3.05, 3.63) is 34.3 Å². The summed E-state index contributed by atoms with van der Waals surface area (Å²) in [6.07, 6.45) is 2.41. The Morgan fingerprint density at radius 1 is 1.25 bits per heavy atom. The van der Waals surface area contributed by atoms with Gasteiger partial charge in [-0.3, -0.25) is 0 Å². The second-order valence-corrected chi connectivity index (χ2v) is 6.47. The Kier molecular flexibility index (Phi) is 6.49. The van der Waals surface area contributed by atoms with E-state index in [0.717, 1.165) is 37.1 Å². The van der Waals surface area contributed by atoms with Crippen LogP contribution in [0.4, 0.5) is 0 Å². The summed E-state index contributed by atoms with van der Waals surface area (Å²) in [5, 5.41) is 3.48. The van der Waals surface area contributed by atoms with Gasteiger partial charge in [-0.05, 0) is 30.5 Å². The zero-order valence-corrected chi connectivity index (χ0v) is 13.9. The molecular formula is C16H24BrNO2. The molecule has 1 saturated heterocycles. The Morgan fingerprint density at radius 3 is 2.50 bits per heavy atom. The first-order chi connectivity index (χ1) is 9.65. The maximum absolute atomic E-state index is 6.31. The van der Waals surface area contributed by atoms with Gasteiger partial charge >= 0.3 is 0 Å². The summed E-state index contributed by atoms with van der Waals surface area (Å²) in [6.45, 7) is 6.79. The largest absolute Gasteiger partial charge is 0.381 e. The van der Waals surface area contributed by atoms with Crippen LogP contribution in [-0.2, 0) is 9.47 Å². The van der Waals surface area contributed by atoms with Crippen molar-refractivity contribution in [2.24, 2.45) is 0 Å². The predicted molar refractivity (Wildman–Crippen MR) is 84.9 cm³/mol. The zero-order valence-electron chi connectivity index (χ0n) is 12.3. The lowest BCUT2D eigenvalue weighted by Gasteiger charge is -2.29. The van der Waals surface area contributed by atoms with Crippen LogP contribution in [0.15, 0.2) is 28.7 Å². The van der Waals surface area contributed by atoms with Crippen LogP contribution in [0.1, 0.15) is 38.4 Å². The third-order valence-electron chi connectivity index (χ3n) is 3.48. The molecule has 1 atom stereocenters. The highest BCUT2D eigenvalue weighted by Gasteiger charge is 2.21. The summed E-state index contributed by atoms with van der Waals surface area (Å²) in [5.41, 5.74) is 1.23. The van der Waals surface area contributed by atoms with Crippen LogP contribution in [-0.4, -0.2) is 31.9 Å². The Morgan fingerprint density at radius 2 is 1.90 bits per heavy atom. The normalized spacial score (nSPS) is 18.4. The summed E-state index contributed by atoms with van der Waals surface area (Å²) in [7, 11) is 0. The van der Waals surface area contributed by atoms with E-state index in [1.807, 2.05) is 0 Å². The summed E-state index contributed by atoms with van der Waals surface area (Å²) < 4.78 is 12.8. The van der Waals surface area contributed by atoms with Crippen molar-refractivity contribution < 1.29 is 9.47 Å². The lowest BCUT2D eigenvalue weighted by atomic mass is 10.1. The van der Waals surface area contributed by atoms with Crippen LogP contribution in [0, 0.1) is 0 Å².